The summed E-state index contributed by atoms with van der Waals surface area (Å²) in [5, 5.41) is 50.4. The predicted molar refractivity (Wildman–Crippen MR) is 113 cm³/mol. The Kier molecular flexibility index (Phi) is 7.41. The normalized spacial score (nSPS) is 35.5. The van der Waals surface area contributed by atoms with E-state index >= 15 is 0 Å². The van der Waals surface area contributed by atoms with Crippen LogP contribution in [0.1, 0.15) is 12.0 Å². The molecular weight excluding hydrogens is 452 g/mol. The van der Waals surface area contributed by atoms with Gasteiger partial charge in [-0.15, -0.1) is 6.58 Å². The van der Waals surface area contributed by atoms with E-state index < -0.39 is 55.5 Å². The molecule has 0 amide bonds. The maximum atomic E-state index is 12.1. The Morgan fingerprint density at radius 3 is 2.71 bits per heavy atom. The quantitative estimate of drug-likeness (QED) is 0.203. The molecule has 0 radical (unpaired) electrons. The number of aromatic hydroxyl groups is 2. The SMILES string of the molecule is C=CC1C(OC2OC(CO)C(O)C(O)C2OCc2cccc(O)c2O)OC=C2C(=O)OCCC21. The molecule has 4 rings (SSSR count). The summed E-state index contributed by atoms with van der Waals surface area (Å²) in [5.41, 5.74) is 0.604. The Balaban J connectivity index is 1.54. The van der Waals surface area contributed by atoms with Crippen LogP contribution in [0.4, 0.5) is 0 Å². The first-order valence-corrected chi connectivity index (χ1v) is 10.9. The first-order chi connectivity index (χ1) is 16.3. The van der Waals surface area contributed by atoms with Gasteiger partial charge in [-0.05, 0) is 12.5 Å². The number of carbonyl (C=O) groups excluding carboxylic acids is 1. The standard InChI is InChI=1S/C23H28O11/c1-2-12-13-6-7-30-21(29)14(13)10-32-22(12)34-23-20(19(28)18(27)16(8-24)33-23)31-9-11-4-3-5-15(25)17(11)26/h2-5,10,12-13,16,18-20,22-28H,1,6-9H2. The summed E-state index contributed by atoms with van der Waals surface area (Å²) in [5.74, 6) is -1.91. The number of phenols is 2. The first-order valence-electron chi connectivity index (χ1n) is 10.9. The minimum Gasteiger partial charge on any atom is -0.504 e. The van der Waals surface area contributed by atoms with Crippen LogP contribution >= 0.6 is 0 Å². The van der Waals surface area contributed by atoms with Crippen LogP contribution in [0.3, 0.4) is 0 Å². The van der Waals surface area contributed by atoms with E-state index in [-0.39, 0.29) is 36.2 Å². The van der Waals surface area contributed by atoms with Crippen molar-refractivity contribution in [3.05, 3.63) is 48.3 Å². The highest BCUT2D eigenvalue weighted by atomic mass is 16.8. The van der Waals surface area contributed by atoms with E-state index in [2.05, 4.69) is 6.58 Å². The minimum absolute atomic E-state index is 0.232. The average molecular weight is 480 g/mol. The van der Waals surface area contributed by atoms with Gasteiger partial charge in [0, 0.05) is 17.4 Å². The van der Waals surface area contributed by atoms with E-state index in [1.807, 2.05) is 0 Å². The first kappa shape index (κ1) is 24.5. The zero-order valence-corrected chi connectivity index (χ0v) is 18.2. The van der Waals surface area contributed by atoms with Gasteiger partial charge in [0.2, 0.25) is 6.29 Å². The van der Waals surface area contributed by atoms with Crippen molar-refractivity contribution in [1.82, 2.24) is 0 Å². The summed E-state index contributed by atoms with van der Waals surface area (Å²) >= 11 is 0. The third-order valence-electron chi connectivity index (χ3n) is 6.30. The van der Waals surface area contributed by atoms with Crippen LogP contribution in [0.25, 0.3) is 0 Å². The van der Waals surface area contributed by atoms with E-state index in [9.17, 15) is 30.3 Å². The molecule has 3 aliphatic heterocycles. The average Bonchev–Trinajstić information content (AvgIpc) is 2.83. The lowest BCUT2D eigenvalue weighted by molar-refractivity contribution is -0.347. The lowest BCUT2D eigenvalue weighted by Crippen LogP contribution is -2.61. The van der Waals surface area contributed by atoms with Gasteiger partial charge in [0.25, 0.3) is 0 Å². The molecule has 2 fully saturated rings. The molecule has 11 nitrogen and oxygen atoms in total. The molecule has 0 aliphatic carbocycles. The molecule has 3 heterocycles. The maximum Gasteiger partial charge on any atom is 0.337 e. The van der Waals surface area contributed by atoms with Gasteiger partial charge in [0.05, 0.1) is 31.7 Å². The molecule has 0 bridgehead atoms. The largest absolute Gasteiger partial charge is 0.504 e. The Labute approximate surface area is 195 Å². The molecule has 0 spiro atoms. The van der Waals surface area contributed by atoms with E-state index in [1.54, 1.807) is 6.08 Å². The van der Waals surface area contributed by atoms with Crippen molar-refractivity contribution in [2.45, 2.75) is 50.0 Å². The molecule has 0 aromatic heterocycles. The highest BCUT2D eigenvalue weighted by molar-refractivity contribution is 5.89. The Bertz CT molecular complexity index is 931. The van der Waals surface area contributed by atoms with Gasteiger partial charge in [-0.25, -0.2) is 4.79 Å². The van der Waals surface area contributed by atoms with Crippen molar-refractivity contribution in [2.24, 2.45) is 11.8 Å². The number of cyclic esters (lactones) is 1. The van der Waals surface area contributed by atoms with Crippen molar-refractivity contribution in [3.63, 3.8) is 0 Å². The van der Waals surface area contributed by atoms with Gasteiger partial charge in [0.15, 0.2) is 17.8 Å². The number of aliphatic hydroxyl groups excluding tert-OH is 3. The number of hydrogen-bond donors (Lipinski definition) is 5. The number of esters is 1. The monoisotopic (exact) mass is 480 g/mol. The Hall–Kier alpha value is -2.67. The summed E-state index contributed by atoms with van der Waals surface area (Å²) in [4.78, 5) is 12.1. The predicted octanol–water partition coefficient (Wildman–Crippen LogP) is 0.0441. The Morgan fingerprint density at radius 1 is 1.18 bits per heavy atom. The van der Waals surface area contributed by atoms with Crippen LogP contribution in [0.2, 0.25) is 0 Å². The smallest absolute Gasteiger partial charge is 0.337 e. The van der Waals surface area contributed by atoms with Crippen LogP contribution in [-0.4, -0.2) is 81.7 Å². The number of benzene rings is 1. The number of aliphatic hydroxyl groups is 3. The van der Waals surface area contributed by atoms with Crippen LogP contribution in [0.5, 0.6) is 11.5 Å². The molecular formula is C23H28O11. The van der Waals surface area contributed by atoms with Gasteiger partial charge in [-0.3, -0.25) is 0 Å². The fourth-order valence-electron chi connectivity index (χ4n) is 4.38. The summed E-state index contributed by atoms with van der Waals surface area (Å²) in [7, 11) is 0. The summed E-state index contributed by atoms with van der Waals surface area (Å²) in [6.07, 6.45) is -4.26. The molecule has 0 saturated carbocycles. The van der Waals surface area contributed by atoms with Gasteiger partial charge < -0.3 is 49.2 Å². The second-order valence-electron chi connectivity index (χ2n) is 8.33. The van der Waals surface area contributed by atoms with E-state index in [4.69, 9.17) is 23.7 Å². The number of carbonyl (C=O) groups is 1. The number of para-hydroxylation sites is 1. The van der Waals surface area contributed by atoms with E-state index in [0.717, 1.165) is 0 Å². The van der Waals surface area contributed by atoms with Crippen molar-refractivity contribution < 1.29 is 54.0 Å². The number of fused-ring (bicyclic) bond motifs is 1. The molecule has 2 saturated heterocycles. The van der Waals surface area contributed by atoms with Gasteiger partial charge >= 0.3 is 5.97 Å². The van der Waals surface area contributed by atoms with Crippen molar-refractivity contribution in [2.75, 3.05) is 13.2 Å². The lowest BCUT2D eigenvalue weighted by atomic mass is 9.81. The van der Waals surface area contributed by atoms with Crippen LogP contribution in [0.15, 0.2) is 42.7 Å². The lowest BCUT2D eigenvalue weighted by Gasteiger charge is -2.44. The summed E-state index contributed by atoms with van der Waals surface area (Å²) in [6.45, 7) is 3.22. The molecule has 11 heteroatoms. The molecule has 8 unspecified atom stereocenters. The highest BCUT2D eigenvalue weighted by Crippen LogP contribution is 2.39. The second-order valence-corrected chi connectivity index (χ2v) is 8.33. The molecule has 3 aliphatic rings. The van der Waals surface area contributed by atoms with Crippen molar-refractivity contribution in [3.8, 4) is 11.5 Å². The highest BCUT2D eigenvalue weighted by Gasteiger charge is 2.49. The number of ether oxygens (including phenoxy) is 5. The van der Waals surface area contributed by atoms with Crippen molar-refractivity contribution >= 4 is 5.97 Å². The Morgan fingerprint density at radius 2 is 1.97 bits per heavy atom. The van der Waals surface area contributed by atoms with Gasteiger partial charge in [-0.2, -0.15) is 0 Å². The molecule has 5 N–H and O–H groups in total. The van der Waals surface area contributed by atoms with Gasteiger partial charge in [-0.1, -0.05) is 18.2 Å². The third-order valence-corrected chi connectivity index (χ3v) is 6.30. The van der Waals surface area contributed by atoms with E-state index in [1.165, 1.54) is 24.5 Å². The number of hydrogen-bond acceptors (Lipinski definition) is 11. The summed E-state index contributed by atoms with van der Waals surface area (Å²) < 4.78 is 28.1. The molecule has 186 valence electrons. The zero-order valence-electron chi connectivity index (χ0n) is 18.2. The van der Waals surface area contributed by atoms with Crippen LogP contribution < -0.4 is 0 Å². The number of phenolic OH excluding ortho intramolecular Hbond substituents is 2. The number of rotatable bonds is 7. The van der Waals surface area contributed by atoms with Gasteiger partial charge in [0.1, 0.15) is 24.4 Å². The molecule has 1 aromatic carbocycles. The topological polar surface area (TPSA) is 164 Å². The fraction of sp³-hybridized carbons (Fsp3) is 0.522. The zero-order chi connectivity index (χ0) is 24.4. The molecule has 34 heavy (non-hydrogen) atoms. The molecule has 8 atom stereocenters. The molecule has 1 aromatic rings. The minimum atomic E-state index is -1.52. The maximum absolute atomic E-state index is 12.1. The third kappa shape index (κ3) is 4.63. The van der Waals surface area contributed by atoms with Crippen LogP contribution in [0, 0.1) is 11.8 Å². The summed E-state index contributed by atoms with van der Waals surface area (Å²) in [6, 6.07) is 4.33. The van der Waals surface area contributed by atoms with Crippen LogP contribution in [-0.2, 0) is 35.1 Å². The second kappa shape index (κ2) is 10.3. The fourth-order valence-corrected chi connectivity index (χ4v) is 4.38. The van der Waals surface area contributed by atoms with Crippen molar-refractivity contribution in [1.29, 1.82) is 0 Å². The van der Waals surface area contributed by atoms with E-state index in [0.29, 0.717) is 12.0 Å².